The summed E-state index contributed by atoms with van der Waals surface area (Å²) in [7, 11) is 1.27. The highest BCUT2D eigenvalue weighted by Gasteiger charge is 2.29. The molecular weight excluding hydrogens is 486 g/mol. The zero-order chi connectivity index (χ0) is 27.7. The fraction of sp³-hybridized carbons (Fsp3) is 0.684. The number of nitrogens with one attached hydrogen (secondary N) is 6. The van der Waals surface area contributed by atoms with E-state index in [-0.39, 0.29) is 13.2 Å². The molecule has 0 heterocycles. The molecule has 0 saturated heterocycles. The lowest BCUT2D eigenvalue weighted by Crippen LogP contribution is -2.60. The van der Waals surface area contributed by atoms with E-state index in [1.807, 2.05) is 10.9 Å². The number of amides is 7. The SMILES string of the molecule is CCOCCOCC(=O)N[C@@H](C(=O)NNC(=O)C(CC(N)=O)NC(=O)N[C@H](CO)C(=O)NC)C(C)O. The summed E-state index contributed by atoms with van der Waals surface area (Å²) in [5.74, 6) is -4.54. The van der Waals surface area contributed by atoms with Crippen molar-refractivity contribution in [3.63, 3.8) is 0 Å². The maximum absolute atomic E-state index is 12.4. The molecule has 2 unspecified atom stereocenters. The molecule has 0 aliphatic heterocycles. The summed E-state index contributed by atoms with van der Waals surface area (Å²) in [6.45, 7) is 2.71. The number of carbonyl (C=O) groups is 6. The van der Waals surface area contributed by atoms with Gasteiger partial charge in [-0.1, -0.05) is 0 Å². The van der Waals surface area contributed by atoms with Gasteiger partial charge < -0.3 is 46.7 Å². The van der Waals surface area contributed by atoms with E-state index in [9.17, 15) is 39.0 Å². The lowest BCUT2D eigenvalue weighted by atomic mass is 10.1. The minimum atomic E-state index is -1.59. The van der Waals surface area contributed by atoms with Crippen molar-refractivity contribution in [1.82, 2.24) is 32.1 Å². The molecule has 0 radical (unpaired) electrons. The molecule has 0 aromatic carbocycles. The van der Waals surface area contributed by atoms with Crippen LogP contribution in [0.15, 0.2) is 0 Å². The Morgan fingerprint density at radius 3 is 2.00 bits per heavy atom. The molecule has 10 N–H and O–H groups in total. The Balaban J connectivity index is 4.97. The molecule has 0 rings (SSSR count). The number of urea groups is 1. The molecule has 0 saturated carbocycles. The molecule has 0 fully saturated rings. The summed E-state index contributed by atoms with van der Waals surface area (Å²) < 4.78 is 10.1. The minimum absolute atomic E-state index is 0.132. The van der Waals surface area contributed by atoms with E-state index in [1.165, 1.54) is 14.0 Å². The van der Waals surface area contributed by atoms with Crippen molar-refractivity contribution in [2.24, 2.45) is 5.73 Å². The average Bonchev–Trinajstić information content (AvgIpc) is 2.82. The van der Waals surface area contributed by atoms with Crippen molar-refractivity contribution in [2.75, 3.05) is 40.1 Å². The number of carbonyl (C=O) groups excluding carboxylic acids is 6. The van der Waals surface area contributed by atoms with Crippen LogP contribution in [0.3, 0.4) is 0 Å². The van der Waals surface area contributed by atoms with Gasteiger partial charge in [0.1, 0.15) is 24.7 Å². The largest absolute Gasteiger partial charge is 0.394 e. The van der Waals surface area contributed by atoms with Crippen molar-refractivity contribution < 1.29 is 48.5 Å². The Bertz CT molecular complexity index is 765. The van der Waals surface area contributed by atoms with Crippen LogP contribution in [0.25, 0.3) is 0 Å². The first-order valence-corrected chi connectivity index (χ1v) is 10.9. The van der Waals surface area contributed by atoms with E-state index < -0.39 is 79.4 Å². The summed E-state index contributed by atoms with van der Waals surface area (Å²) in [5, 5.41) is 27.6. The molecule has 17 nitrogen and oxygen atoms in total. The van der Waals surface area contributed by atoms with E-state index in [0.717, 1.165) is 0 Å². The number of nitrogens with two attached hydrogens (primary N) is 1. The normalized spacial score (nSPS) is 13.8. The van der Waals surface area contributed by atoms with Crippen molar-refractivity contribution >= 4 is 35.6 Å². The molecule has 0 aromatic heterocycles. The van der Waals surface area contributed by atoms with Gasteiger partial charge in [0, 0.05) is 13.7 Å². The summed E-state index contributed by atoms with van der Waals surface area (Å²) in [6.07, 6.45) is -2.06. The van der Waals surface area contributed by atoms with Crippen molar-refractivity contribution in [3.8, 4) is 0 Å². The third-order valence-corrected chi connectivity index (χ3v) is 4.28. The number of hydrogen-bond acceptors (Lipinski definition) is 10. The van der Waals surface area contributed by atoms with E-state index in [4.69, 9.17) is 15.2 Å². The predicted molar refractivity (Wildman–Crippen MR) is 121 cm³/mol. The van der Waals surface area contributed by atoms with E-state index >= 15 is 0 Å². The molecule has 0 aliphatic rings. The molecule has 0 aliphatic carbocycles. The number of aliphatic hydroxyl groups is 2. The van der Waals surface area contributed by atoms with Gasteiger partial charge in [-0.15, -0.1) is 0 Å². The Labute approximate surface area is 207 Å². The van der Waals surface area contributed by atoms with Gasteiger partial charge in [-0.25, -0.2) is 4.79 Å². The Morgan fingerprint density at radius 1 is 0.889 bits per heavy atom. The fourth-order valence-electron chi connectivity index (χ4n) is 2.47. The van der Waals surface area contributed by atoms with E-state index in [0.29, 0.717) is 6.61 Å². The Morgan fingerprint density at radius 2 is 1.47 bits per heavy atom. The maximum Gasteiger partial charge on any atom is 0.316 e. The van der Waals surface area contributed by atoms with Crippen LogP contribution in [0.5, 0.6) is 0 Å². The van der Waals surface area contributed by atoms with Crippen molar-refractivity contribution in [2.45, 2.75) is 44.5 Å². The van der Waals surface area contributed by atoms with Crippen molar-refractivity contribution in [1.29, 1.82) is 0 Å². The monoisotopic (exact) mass is 521 g/mol. The maximum atomic E-state index is 12.4. The molecule has 0 spiro atoms. The summed E-state index contributed by atoms with van der Waals surface area (Å²) in [4.78, 5) is 71.7. The topological polar surface area (TPSA) is 260 Å². The number of likely N-dealkylation sites (N-methyl/N-ethyl adjacent to an activating group) is 1. The van der Waals surface area contributed by atoms with Gasteiger partial charge in [-0.3, -0.25) is 34.8 Å². The van der Waals surface area contributed by atoms with Crippen LogP contribution in [0, 0.1) is 0 Å². The Hall–Kier alpha value is -3.54. The van der Waals surface area contributed by atoms with Gasteiger partial charge in [0.25, 0.3) is 11.8 Å². The number of primary amides is 1. The Kier molecular flexibility index (Phi) is 16.1. The first-order chi connectivity index (χ1) is 17.0. The summed E-state index contributed by atoms with van der Waals surface area (Å²) in [6, 6.07) is -5.52. The number of rotatable bonds is 16. The third-order valence-electron chi connectivity index (χ3n) is 4.28. The van der Waals surface area contributed by atoms with Crippen LogP contribution in [0.2, 0.25) is 0 Å². The van der Waals surface area contributed by atoms with Crippen LogP contribution >= 0.6 is 0 Å². The van der Waals surface area contributed by atoms with Crippen LogP contribution < -0.4 is 37.9 Å². The smallest absolute Gasteiger partial charge is 0.316 e. The van der Waals surface area contributed by atoms with E-state index in [1.54, 1.807) is 6.92 Å². The first-order valence-electron chi connectivity index (χ1n) is 10.9. The summed E-state index contributed by atoms with van der Waals surface area (Å²) in [5.41, 5.74) is 8.99. The number of ether oxygens (including phenoxy) is 2. The molecular formula is C19H35N7O10. The number of hydrogen-bond donors (Lipinski definition) is 9. The second kappa shape index (κ2) is 17.8. The van der Waals surface area contributed by atoms with Gasteiger partial charge >= 0.3 is 6.03 Å². The second-order valence-electron chi connectivity index (χ2n) is 7.20. The minimum Gasteiger partial charge on any atom is -0.394 e. The second-order valence-corrected chi connectivity index (χ2v) is 7.20. The van der Waals surface area contributed by atoms with Crippen LogP contribution in [0.1, 0.15) is 20.3 Å². The molecule has 17 heteroatoms. The molecule has 206 valence electrons. The highest BCUT2D eigenvalue weighted by atomic mass is 16.5. The predicted octanol–water partition coefficient (Wildman–Crippen LogP) is -5.30. The number of aliphatic hydroxyl groups excluding tert-OH is 2. The summed E-state index contributed by atoms with van der Waals surface area (Å²) >= 11 is 0. The lowest BCUT2D eigenvalue weighted by Gasteiger charge is -2.23. The zero-order valence-electron chi connectivity index (χ0n) is 20.3. The quantitative estimate of drug-likeness (QED) is 0.0688. The average molecular weight is 522 g/mol. The zero-order valence-corrected chi connectivity index (χ0v) is 20.3. The first kappa shape index (κ1) is 32.5. The van der Waals surface area contributed by atoms with Gasteiger partial charge in [0.05, 0.1) is 32.3 Å². The van der Waals surface area contributed by atoms with Crippen LogP contribution in [-0.2, 0) is 33.4 Å². The van der Waals surface area contributed by atoms with Gasteiger partial charge in [-0.2, -0.15) is 0 Å². The molecule has 0 aromatic rings. The number of hydrazine groups is 1. The van der Waals surface area contributed by atoms with Crippen molar-refractivity contribution in [3.05, 3.63) is 0 Å². The fourth-order valence-corrected chi connectivity index (χ4v) is 2.47. The standard InChI is InChI=1S/C19H35N7O10/c1-4-35-5-6-36-9-14(30)24-15(10(2)28)18(33)26-25-17(32)11(7-13(20)29)22-19(34)23-12(8-27)16(31)21-3/h10-12,15,27-28H,4-9H2,1-3H3,(H2,20,29)(H,21,31)(H,24,30)(H,25,32)(H,26,33)(H2,22,23,34)/t10?,11?,12-,15-/m1/s1. The highest BCUT2D eigenvalue weighted by molar-refractivity contribution is 5.94. The lowest BCUT2D eigenvalue weighted by molar-refractivity contribution is -0.136. The van der Waals surface area contributed by atoms with Gasteiger partial charge in [0.2, 0.25) is 17.7 Å². The molecule has 4 atom stereocenters. The van der Waals surface area contributed by atoms with Gasteiger partial charge in [0.15, 0.2) is 0 Å². The molecule has 36 heavy (non-hydrogen) atoms. The molecule has 0 bridgehead atoms. The van der Waals surface area contributed by atoms with E-state index in [2.05, 4.69) is 21.3 Å². The highest BCUT2D eigenvalue weighted by Crippen LogP contribution is 1.96. The molecule has 7 amide bonds. The van der Waals surface area contributed by atoms with Crippen LogP contribution in [0.4, 0.5) is 4.79 Å². The van der Waals surface area contributed by atoms with Crippen LogP contribution in [-0.4, -0.2) is 110 Å². The van der Waals surface area contributed by atoms with Gasteiger partial charge in [-0.05, 0) is 13.8 Å². The third kappa shape index (κ3) is 13.4.